The number of carbonyl (C=O) groups is 1. The highest BCUT2D eigenvalue weighted by Gasteiger charge is 2.41. The first-order chi connectivity index (χ1) is 11.5. The third-order valence-corrected chi connectivity index (χ3v) is 4.64. The number of piperidine rings is 1. The molecule has 0 unspecified atom stereocenters. The van der Waals surface area contributed by atoms with E-state index in [9.17, 15) is 20.1 Å². The van der Waals surface area contributed by atoms with Gasteiger partial charge in [0.05, 0.1) is 24.8 Å². The molecule has 6 nitrogen and oxygen atoms in total. The molecular formula is C18H28N2O4. The first-order valence-electron chi connectivity index (χ1n) is 8.55. The summed E-state index contributed by atoms with van der Waals surface area (Å²) in [7, 11) is 0. The predicted octanol–water partition coefficient (Wildman–Crippen LogP) is -0.0877. The Balaban J connectivity index is 1.87. The van der Waals surface area contributed by atoms with Crippen molar-refractivity contribution in [1.82, 2.24) is 10.2 Å². The van der Waals surface area contributed by atoms with Crippen molar-refractivity contribution in [3.63, 3.8) is 0 Å². The summed E-state index contributed by atoms with van der Waals surface area (Å²) in [5, 5.41) is 32.6. The Kier molecular flexibility index (Phi) is 7.17. The van der Waals surface area contributed by atoms with Gasteiger partial charge in [-0.1, -0.05) is 30.3 Å². The van der Waals surface area contributed by atoms with Crippen molar-refractivity contribution < 1.29 is 20.1 Å². The number of nitrogens with one attached hydrogen (secondary N) is 1. The molecule has 6 heteroatoms. The number of benzene rings is 1. The lowest BCUT2D eigenvalue weighted by Gasteiger charge is -2.45. The fourth-order valence-electron chi connectivity index (χ4n) is 3.34. The van der Waals surface area contributed by atoms with Crippen LogP contribution in [0.1, 0.15) is 25.3 Å². The van der Waals surface area contributed by atoms with Crippen LogP contribution in [0.4, 0.5) is 0 Å². The number of aliphatic hydroxyl groups is 3. The number of hydrogen-bond donors (Lipinski definition) is 4. The Hall–Kier alpha value is -1.47. The van der Waals surface area contributed by atoms with E-state index >= 15 is 0 Å². The summed E-state index contributed by atoms with van der Waals surface area (Å²) in [5.41, 5.74) is 1.29. The maximum absolute atomic E-state index is 11.3. The summed E-state index contributed by atoms with van der Waals surface area (Å²) in [6.45, 7) is 2.30. The molecule has 4 N–H and O–H groups in total. The number of carbonyl (C=O) groups excluding carboxylic acids is 1. The van der Waals surface area contributed by atoms with E-state index in [1.54, 1.807) is 0 Å². The highest BCUT2D eigenvalue weighted by Crippen LogP contribution is 2.20. The molecule has 0 aliphatic carbocycles. The Morgan fingerprint density at radius 3 is 2.54 bits per heavy atom. The maximum atomic E-state index is 11.3. The SMILES string of the molecule is CC(=O)N[C@H]1CN(CCCCc2ccccc2)[C@H](CO)[C@@H](O)[C@@H]1O. The zero-order valence-electron chi connectivity index (χ0n) is 14.1. The van der Waals surface area contributed by atoms with Gasteiger partial charge < -0.3 is 20.6 Å². The minimum Gasteiger partial charge on any atom is -0.395 e. The normalized spacial score (nSPS) is 27.8. The molecule has 24 heavy (non-hydrogen) atoms. The van der Waals surface area contributed by atoms with Crippen molar-refractivity contribution in [2.24, 2.45) is 0 Å². The molecule has 0 bridgehead atoms. The molecule has 1 fully saturated rings. The van der Waals surface area contributed by atoms with Crippen molar-refractivity contribution in [1.29, 1.82) is 0 Å². The van der Waals surface area contributed by atoms with E-state index in [4.69, 9.17) is 0 Å². The van der Waals surface area contributed by atoms with Crippen molar-refractivity contribution in [3.05, 3.63) is 35.9 Å². The average molecular weight is 336 g/mol. The number of likely N-dealkylation sites (tertiary alicyclic amines) is 1. The van der Waals surface area contributed by atoms with Gasteiger partial charge in [0.2, 0.25) is 5.91 Å². The molecular weight excluding hydrogens is 308 g/mol. The number of rotatable bonds is 7. The predicted molar refractivity (Wildman–Crippen MR) is 91.4 cm³/mol. The smallest absolute Gasteiger partial charge is 0.217 e. The fourth-order valence-corrected chi connectivity index (χ4v) is 3.34. The average Bonchev–Trinajstić information content (AvgIpc) is 2.57. The van der Waals surface area contributed by atoms with Crippen LogP contribution in [0.3, 0.4) is 0 Å². The highest BCUT2D eigenvalue weighted by atomic mass is 16.3. The number of hydrogen-bond acceptors (Lipinski definition) is 5. The largest absolute Gasteiger partial charge is 0.395 e. The van der Waals surface area contributed by atoms with Crippen molar-refractivity contribution in [2.75, 3.05) is 19.7 Å². The molecule has 0 radical (unpaired) electrons. The topological polar surface area (TPSA) is 93.0 Å². The fraction of sp³-hybridized carbons (Fsp3) is 0.611. The molecule has 0 saturated carbocycles. The van der Waals surface area contributed by atoms with Gasteiger partial charge in [0.1, 0.15) is 6.10 Å². The van der Waals surface area contributed by atoms with E-state index in [0.717, 1.165) is 19.3 Å². The molecule has 0 aromatic heterocycles. The molecule has 1 amide bonds. The van der Waals surface area contributed by atoms with Crippen molar-refractivity contribution in [2.45, 2.75) is 50.5 Å². The molecule has 134 valence electrons. The van der Waals surface area contributed by atoms with Crippen LogP contribution in [-0.2, 0) is 11.2 Å². The van der Waals surface area contributed by atoms with Crippen LogP contribution in [0.25, 0.3) is 0 Å². The monoisotopic (exact) mass is 336 g/mol. The molecule has 1 aliphatic heterocycles. The van der Waals surface area contributed by atoms with Crippen LogP contribution in [0.2, 0.25) is 0 Å². The van der Waals surface area contributed by atoms with Crippen molar-refractivity contribution >= 4 is 5.91 Å². The summed E-state index contributed by atoms with van der Waals surface area (Å²) in [6.07, 6.45) is 0.767. The summed E-state index contributed by atoms with van der Waals surface area (Å²) in [4.78, 5) is 13.2. The molecule has 2 rings (SSSR count). The third-order valence-electron chi connectivity index (χ3n) is 4.64. The first-order valence-corrected chi connectivity index (χ1v) is 8.55. The summed E-state index contributed by atoms with van der Waals surface area (Å²) in [5.74, 6) is -0.238. The van der Waals surface area contributed by atoms with E-state index in [2.05, 4.69) is 17.4 Å². The van der Waals surface area contributed by atoms with E-state index in [1.165, 1.54) is 12.5 Å². The second kappa shape index (κ2) is 9.13. The minimum atomic E-state index is -1.07. The van der Waals surface area contributed by atoms with Gasteiger partial charge >= 0.3 is 0 Å². The zero-order chi connectivity index (χ0) is 17.5. The second-order valence-electron chi connectivity index (χ2n) is 6.48. The number of aliphatic hydroxyl groups excluding tert-OH is 3. The van der Waals surface area contributed by atoms with Crippen LogP contribution < -0.4 is 5.32 Å². The van der Waals surface area contributed by atoms with Crippen LogP contribution >= 0.6 is 0 Å². The standard InChI is InChI=1S/C18H28N2O4/c1-13(22)19-15-11-20(16(12-21)18(24)17(15)23)10-6-5-9-14-7-3-2-4-8-14/h2-4,7-8,15-18,21,23-24H,5-6,9-12H2,1H3,(H,19,22)/t15-,16+,17+,18+/m0/s1. The number of unbranched alkanes of at least 4 members (excludes halogenated alkanes) is 1. The van der Waals surface area contributed by atoms with Gasteiger partial charge in [-0.25, -0.2) is 0 Å². The third kappa shape index (κ3) is 5.01. The lowest BCUT2D eigenvalue weighted by Crippen LogP contribution is -2.66. The van der Waals surface area contributed by atoms with Gasteiger partial charge in [-0.3, -0.25) is 9.69 Å². The van der Waals surface area contributed by atoms with Gasteiger partial charge in [-0.2, -0.15) is 0 Å². The highest BCUT2D eigenvalue weighted by molar-refractivity contribution is 5.73. The molecule has 1 saturated heterocycles. The summed E-state index contributed by atoms with van der Waals surface area (Å²) >= 11 is 0. The van der Waals surface area contributed by atoms with E-state index < -0.39 is 24.3 Å². The molecule has 1 aliphatic rings. The number of nitrogens with zero attached hydrogens (tertiary/aromatic N) is 1. The Bertz CT molecular complexity index is 511. The van der Waals surface area contributed by atoms with E-state index in [1.807, 2.05) is 23.1 Å². The molecule has 1 heterocycles. The van der Waals surface area contributed by atoms with Crippen LogP contribution in [0.5, 0.6) is 0 Å². The van der Waals surface area contributed by atoms with Crippen LogP contribution in [-0.4, -0.2) is 70.1 Å². The van der Waals surface area contributed by atoms with Gasteiger partial charge in [0.25, 0.3) is 0 Å². The minimum absolute atomic E-state index is 0.219. The molecule has 4 atom stereocenters. The second-order valence-corrected chi connectivity index (χ2v) is 6.48. The number of amides is 1. The maximum Gasteiger partial charge on any atom is 0.217 e. The lowest BCUT2D eigenvalue weighted by molar-refractivity contribution is -0.128. The quantitative estimate of drug-likeness (QED) is 0.522. The van der Waals surface area contributed by atoms with Gasteiger partial charge in [0, 0.05) is 13.5 Å². The summed E-state index contributed by atoms with van der Waals surface area (Å²) in [6, 6.07) is 9.23. The van der Waals surface area contributed by atoms with Gasteiger partial charge in [0.15, 0.2) is 0 Å². The zero-order valence-corrected chi connectivity index (χ0v) is 14.1. The van der Waals surface area contributed by atoms with Gasteiger partial charge in [-0.15, -0.1) is 0 Å². The first kappa shape index (κ1) is 18.9. The summed E-state index contributed by atoms with van der Waals surface area (Å²) < 4.78 is 0. The lowest BCUT2D eigenvalue weighted by atomic mass is 9.92. The van der Waals surface area contributed by atoms with Gasteiger partial charge in [-0.05, 0) is 31.4 Å². The number of aryl methyl sites for hydroxylation is 1. The Labute approximate surface area is 143 Å². The molecule has 0 spiro atoms. The molecule has 1 aromatic carbocycles. The van der Waals surface area contributed by atoms with E-state index in [0.29, 0.717) is 13.1 Å². The van der Waals surface area contributed by atoms with Crippen LogP contribution in [0, 0.1) is 0 Å². The van der Waals surface area contributed by atoms with Crippen molar-refractivity contribution in [3.8, 4) is 0 Å². The Morgan fingerprint density at radius 2 is 1.92 bits per heavy atom. The van der Waals surface area contributed by atoms with E-state index in [-0.39, 0.29) is 12.5 Å². The van der Waals surface area contributed by atoms with Crippen LogP contribution in [0.15, 0.2) is 30.3 Å². The molecule has 1 aromatic rings. The Morgan fingerprint density at radius 1 is 1.21 bits per heavy atom.